The Kier molecular flexibility index (Phi) is 2.73. The van der Waals surface area contributed by atoms with Gasteiger partial charge in [-0.25, -0.2) is 0 Å². The zero-order chi connectivity index (χ0) is 12.0. The van der Waals surface area contributed by atoms with E-state index in [1.165, 1.54) is 12.8 Å². The first-order valence-electron chi connectivity index (χ1n) is 5.96. The highest BCUT2D eigenvalue weighted by molar-refractivity contribution is 7.80. The summed E-state index contributed by atoms with van der Waals surface area (Å²) in [5.74, 6) is 0.606. The van der Waals surface area contributed by atoms with Crippen molar-refractivity contribution in [2.24, 2.45) is 22.5 Å². The molecule has 3 nitrogen and oxygen atoms in total. The molecule has 0 radical (unpaired) electrons. The van der Waals surface area contributed by atoms with Crippen LogP contribution in [0.15, 0.2) is 0 Å². The summed E-state index contributed by atoms with van der Waals surface area (Å²) in [5, 5.41) is 3.02. The Balaban J connectivity index is 1.93. The first kappa shape index (κ1) is 11.8. The molecule has 0 aromatic rings. The van der Waals surface area contributed by atoms with Gasteiger partial charge >= 0.3 is 0 Å². The normalized spacial score (nSPS) is 35.0. The molecular weight excluding hydrogens is 220 g/mol. The van der Waals surface area contributed by atoms with Crippen LogP contribution in [0.5, 0.6) is 0 Å². The van der Waals surface area contributed by atoms with Gasteiger partial charge in [-0.15, -0.1) is 0 Å². The first-order valence-corrected chi connectivity index (χ1v) is 6.37. The molecule has 2 aliphatic carbocycles. The number of rotatable bonds is 4. The summed E-state index contributed by atoms with van der Waals surface area (Å²) >= 11 is 5.05. The molecular formula is C12H20N2OS. The minimum atomic E-state index is -0.542. The molecule has 4 heteroatoms. The molecule has 0 bridgehead atoms. The van der Waals surface area contributed by atoms with Crippen molar-refractivity contribution in [1.82, 2.24) is 5.32 Å². The van der Waals surface area contributed by atoms with Crippen molar-refractivity contribution in [3.05, 3.63) is 0 Å². The molecule has 0 spiro atoms. The van der Waals surface area contributed by atoms with Gasteiger partial charge in [-0.3, -0.25) is 4.79 Å². The lowest BCUT2D eigenvalue weighted by Gasteiger charge is -2.44. The fraction of sp³-hybridized carbons (Fsp3) is 0.833. The molecule has 2 rings (SSSR count). The van der Waals surface area contributed by atoms with Crippen LogP contribution in [0.3, 0.4) is 0 Å². The molecule has 0 saturated heterocycles. The maximum atomic E-state index is 12.1. The molecule has 0 aromatic carbocycles. The highest BCUT2D eigenvalue weighted by Crippen LogP contribution is 2.47. The summed E-state index contributed by atoms with van der Waals surface area (Å²) in [6.45, 7) is 5.10. The largest absolute Gasteiger partial charge is 0.392 e. The van der Waals surface area contributed by atoms with Crippen LogP contribution < -0.4 is 11.1 Å². The molecule has 2 saturated carbocycles. The minimum absolute atomic E-state index is 0.0474. The van der Waals surface area contributed by atoms with E-state index in [1.54, 1.807) is 0 Å². The highest BCUT2D eigenvalue weighted by atomic mass is 32.1. The number of nitrogens with two attached hydrogens (primary N) is 1. The van der Waals surface area contributed by atoms with Gasteiger partial charge < -0.3 is 11.1 Å². The van der Waals surface area contributed by atoms with Gasteiger partial charge in [0.25, 0.3) is 0 Å². The zero-order valence-electron chi connectivity index (χ0n) is 10.0. The molecule has 0 heterocycles. The van der Waals surface area contributed by atoms with Crippen LogP contribution >= 0.6 is 12.2 Å². The van der Waals surface area contributed by atoms with E-state index >= 15 is 0 Å². The van der Waals surface area contributed by atoms with E-state index < -0.39 is 5.41 Å². The number of carbonyl (C=O) groups excluding carboxylic acids is 1. The van der Waals surface area contributed by atoms with Crippen LogP contribution in [0.1, 0.15) is 39.5 Å². The molecule has 0 atom stereocenters. The molecule has 1 amide bonds. The second-order valence-corrected chi connectivity index (χ2v) is 6.39. The first-order chi connectivity index (χ1) is 7.38. The second kappa shape index (κ2) is 3.69. The predicted molar refractivity (Wildman–Crippen MR) is 68.0 cm³/mol. The number of nitrogens with one attached hydrogen (secondary N) is 1. The fourth-order valence-electron chi connectivity index (χ4n) is 2.48. The molecule has 16 heavy (non-hydrogen) atoms. The lowest BCUT2D eigenvalue weighted by atomic mass is 9.62. The van der Waals surface area contributed by atoms with Gasteiger partial charge in [0, 0.05) is 6.54 Å². The summed E-state index contributed by atoms with van der Waals surface area (Å²) in [6, 6.07) is 0. The molecule has 0 unspecified atom stereocenters. The van der Waals surface area contributed by atoms with Crippen LogP contribution in [0.25, 0.3) is 0 Å². The third-order valence-electron chi connectivity index (χ3n) is 4.08. The number of hydrogen-bond donors (Lipinski definition) is 2. The van der Waals surface area contributed by atoms with Crippen LogP contribution in [0, 0.1) is 16.7 Å². The Morgan fingerprint density at radius 1 is 1.50 bits per heavy atom. The van der Waals surface area contributed by atoms with Crippen LogP contribution in [0.2, 0.25) is 0 Å². The number of hydrogen-bond acceptors (Lipinski definition) is 2. The Hall–Kier alpha value is -0.640. The summed E-state index contributed by atoms with van der Waals surface area (Å²) < 4.78 is 0. The minimum Gasteiger partial charge on any atom is -0.392 e. The van der Waals surface area contributed by atoms with Gasteiger partial charge in [-0.2, -0.15) is 0 Å². The molecule has 3 N–H and O–H groups in total. The average molecular weight is 240 g/mol. The van der Waals surface area contributed by atoms with Crippen molar-refractivity contribution in [2.45, 2.75) is 39.5 Å². The van der Waals surface area contributed by atoms with E-state index in [0.717, 1.165) is 19.4 Å². The maximum Gasteiger partial charge on any atom is 0.233 e. The van der Waals surface area contributed by atoms with E-state index in [0.29, 0.717) is 16.3 Å². The number of thiocarbonyl (C=S) groups is 1. The summed E-state index contributed by atoms with van der Waals surface area (Å²) in [5.41, 5.74) is 5.52. The maximum absolute atomic E-state index is 12.1. The van der Waals surface area contributed by atoms with Gasteiger partial charge in [-0.05, 0) is 37.0 Å². The van der Waals surface area contributed by atoms with Gasteiger partial charge in [-0.1, -0.05) is 26.1 Å². The average Bonchev–Trinajstić information content (AvgIpc) is 2.88. The van der Waals surface area contributed by atoms with E-state index in [2.05, 4.69) is 19.2 Å². The molecule has 0 aliphatic heterocycles. The number of carbonyl (C=O) groups is 1. The Morgan fingerprint density at radius 2 is 2.06 bits per heavy atom. The van der Waals surface area contributed by atoms with Gasteiger partial charge in [0.2, 0.25) is 5.91 Å². The molecule has 0 aromatic heterocycles. The van der Waals surface area contributed by atoms with Crippen molar-refractivity contribution >= 4 is 23.1 Å². The van der Waals surface area contributed by atoms with E-state index in [-0.39, 0.29) is 5.91 Å². The Labute approximate surface area is 102 Å². The second-order valence-electron chi connectivity index (χ2n) is 5.95. The lowest BCUT2D eigenvalue weighted by Crippen LogP contribution is -2.56. The topological polar surface area (TPSA) is 55.1 Å². The fourth-order valence-corrected chi connectivity index (χ4v) is 2.74. The lowest BCUT2D eigenvalue weighted by molar-refractivity contribution is -0.133. The molecule has 2 fully saturated rings. The van der Waals surface area contributed by atoms with Crippen LogP contribution in [-0.2, 0) is 4.79 Å². The van der Waals surface area contributed by atoms with Gasteiger partial charge in [0.15, 0.2) is 0 Å². The SMILES string of the molecule is CC1CC(C(=O)NCC2(C)CC2)(C(N)=S)C1. The monoisotopic (exact) mass is 240 g/mol. The Bertz CT molecular complexity index is 330. The van der Waals surface area contributed by atoms with Crippen molar-refractivity contribution in [2.75, 3.05) is 6.54 Å². The van der Waals surface area contributed by atoms with Crippen molar-refractivity contribution in [1.29, 1.82) is 0 Å². The third kappa shape index (κ3) is 1.95. The van der Waals surface area contributed by atoms with Gasteiger partial charge in [0.1, 0.15) is 0 Å². The van der Waals surface area contributed by atoms with Gasteiger partial charge in [0.05, 0.1) is 10.4 Å². The van der Waals surface area contributed by atoms with E-state index in [4.69, 9.17) is 18.0 Å². The quantitative estimate of drug-likeness (QED) is 0.734. The summed E-state index contributed by atoms with van der Waals surface area (Å²) in [6.07, 6.45) is 4.04. The smallest absolute Gasteiger partial charge is 0.233 e. The standard InChI is InChI=1S/C12H20N2OS/c1-8-5-12(6-8,9(13)16)10(15)14-7-11(2)3-4-11/h8H,3-7H2,1-2H3,(H2,13,16)(H,14,15). The highest BCUT2D eigenvalue weighted by Gasteiger charge is 2.51. The summed E-state index contributed by atoms with van der Waals surface area (Å²) in [4.78, 5) is 12.5. The Morgan fingerprint density at radius 3 is 2.44 bits per heavy atom. The molecule has 90 valence electrons. The van der Waals surface area contributed by atoms with E-state index in [1.807, 2.05) is 0 Å². The van der Waals surface area contributed by atoms with E-state index in [9.17, 15) is 4.79 Å². The third-order valence-corrected chi connectivity index (χ3v) is 4.47. The van der Waals surface area contributed by atoms with Crippen molar-refractivity contribution in [3.8, 4) is 0 Å². The zero-order valence-corrected chi connectivity index (χ0v) is 10.8. The number of amides is 1. The molecule has 2 aliphatic rings. The van der Waals surface area contributed by atoms with Crippen LogP contribution in [-0.4, -0.2) is 17.4 Å². The van der Waals surface area contributed by atoms with Crippen molar-refractivity contribution < 1.29 is 4.79 Å². The predicted octanol–water partition coefficient (Wildman–Crippen LogP) is 1.61. The summed E-state index contributed by atoms with van der Waals surface area (Å²) in [7, 11) is 0. The van der Waals surface area contributed by atoms with Crippen molar-refractivity contribution in [3.63, 3.8) is 0 Å². The van der Waals surface area contributed by atoms with Crippen LogP contribution in [0.4, 0.5) is 0 Å².